The minimum Gasteiger partial charge on any atom is -0.381 e. The summed E-state index contributed by atoms with van der Waals surface area (Å²) in [5, 5.41) is 10.4. The highest BCUT2D eigenvalue weighted by Gasteiger charge is 2.15. The summed E-state index contributed by atoms with van der Waals surface area (Å²) in [6, 6.07) is 0. The Kier molecular flexibility index (Phi) is 6.04. The maximum atomic E-state index is 5.41. The SMILES string of the molecule is CN=C(NCc1cn[nH]c1C)N(C)CCC1CCOCC1. The Balaban J connectivity index is 1.75. The minimum absolute atomic E-state index is 0.747. The van der Waals surface area contributed by atoms with Crippen molar-refractivity contribution in [2.45, 2.75) is 32.7 Å². The van der Waals surface area contributed by atoms with Gasteiger partial charge in [0.25, 0.3) is 0 Å². The molecular weight excluding hydrogens is 266 g/mol. The third-order valence-electron chi connectivity index (χ3n) is 4.16. The molecule has 6 heteroatoms. The molecule has 1 aromatic heterocycles. The number of rotatable bonds is 5. The summed E-state index contributed by atoms with van der Waals surface area (Å²) in [5.74, 6) is 1.72. The van der Waals surface area contributed by atoms with Crippen molar-refractivity contribution in [3.63, 3.8) is 0 Å². The highest BCUT2D eigenvalue weighted by atomic mass is 16.5. The molecule has 2 rings (SSSR count). The van der Waals surface area contributed by atoms with Crippen LogP contribution in [0.25, 0.3) is 0 Å². The highest BCUT2D eigenvalue weighted by Crippen LogP contribution is 2.18. The average Bonchev–Trinajstić information content (AvgIpc) is 2.92. The van der Waals surface area contributed by atoms with Crippen molar-refractivity contribution in [1.82, 2.24) is 20.4 Å². The lowest BCUT2D eigenvalue weighted by Crippen LogP contribution is -2.39. The number of aryl methyl sites for hydroxylation is 1. The van der Waals surface area contributed by atoms with Crippen molar-refractivity contribution in [1.29, 1.82) is 0 Å². The van der Waals surface area contributed by atoms with Gasteiger partial charge in [-0.3, -0.25) is 10.1 Å². The van der Waals surface area contributed by atoms with Crippen molar-refractivity contribution in [2.24, 2.45) is 10.9 Å². The third-order valence-corrected chi connectivity index (χ3v) is 4.16. The molecule has 0 spiro atoms. The summed E-state index contributed by atoms with van der Waals surface area (Å²) < 4.78 is 5.41. The second kappa shape index (κ2) is 8.02. The zero-order chi connectivity index (χ0) is 15.1. The van der Waals surface area contributed by atoms with Gasteiger partial charge in [0, 0.05) is 51.7 Å². The molecule has 0 atom stereocenters. The fourth-order valence-corrected chi connectivity index (χ4v) is 2.63. The lowest BCUT2D eigenvalue weighted by molar-refractivity contribution is 0.0625. The lowest BCUT2D eigenvalue weighted by Gasteiger charge is -2.26. The molecule has 2 heterocycles. The molecule has 1 fully saturated rings. The van der Waals surface area contributed by atoms with Gasteiger partial charge >= 0.3 is 0 Å². The molecule has 0 unspecified atom stereocenters. The first-order valence-corrected chi connectivity index (χ1v) is 7.69. The monoisotopic (exact) mass is 293 g/mol. The van der Waals surface area contributed by atoms with E-state index in [1.54, 1.807) is 0 Å². The molecule has 0 bridgehead atoms. The molecule has 1 aromatic rings. The number of nitrogens with zero attached hydrogens (tertiary/aromatic N) is 3. The number of ether oxygens (including phenoxy) is 1. The van der Waals surface area contributed by atoms with Gasteiger partial charge in [-0.05, 0) is 32.1 Å². The number of guanidine groups is 1. The van der Waals surface area contributed by atoms with E-state index in [9.17, 15) is 0 Å². The van der Waals surface area contributed by atoms with Crippen LogP contribution in [0.15, 0.2) is 11.2 Å². The second-order valence-electron chi connectivity index (χ2n) is 5.69. The third kappa shape index (κ3) is 4.74. The fraction of sp³-hybridized carbons (Fsp3) is 0.733. The molecule has 0 radical (unpaired) electrons. The van der Waals surface area contributed by atoms with Crippen LogP contribution in [0, 0.1) is 12.8 Å². The van der Waals surface area contributed by atoms with Crippen molar-refractivity contribution >= 4 is 5.96 Å². The minimum atomic E-state index is 0.747. The summed E-state index contributed by atoms with van der Waals surface area (Å²) in [7, 11) is 3.92. The summed E-state index contributed by atoms with van der Waals surface area (Å²) >= 11 is 0. The van der Waals surface area contributed by atoms with E-state index in [4.69, 9.17) is 4.74 Å². The molecule has 118 valence electrons. The quantitative estimate of drug-likeness (QED) is 0.638. The number of nitrogens with one attached hydrogen (secondary N) is 2. The number of aromatic amines is 1. The van der Waals surface area contributed by atoms with Crippen molar-refractivity contribution in [3.05, 3.63) is 17.5 Å². The van der Waals surface area contributed by atoms with E-state index in [0.717, 1.165) is 43.9 Å². The van der Waals surface area contributed by atoms with Gasteiger partial charge in [0.1, 0.15) is 0 Å². The Morgan fingerprint density at radius 2 is 2.29 bits per heavy atom. The Bertz CT molecular complexity index is 451. The molecule has 1 aliphatic heterocycles. The predicted molar refractivity (Wildman–Crippen MR) is 84.3 cm³/mol. The van der Waals surface area contributed by atoms with Crippen LogP contribution in [-0.2, 0) is 11.3 Å². The maximum Gasteiger partial charge on any atom is 0.193 e. The molecule has 0 amide bonds. The fourth-order valence-electron chi connectivity index (χ4n) is 2.63. The number of hydrogen-bond acceptors (Lipinski definition) is 3. The van der Waals surface area contributed by atoms with Crippen molar-refractivity contribution in [3.8, 4) is 0 Å². The van der Waals surface area contributed by atoms with Crippen molar-refractivity contribution < 1.29 is 4.74 Å². The predicted octanol–water partition coefficient (Wildman–Crippen LogP) is 1.54. The van der Waals surface area contributed by atoms with Crippen LogP contribution in [0.2, 0.25) is 0 Å². The van der Waals surface area contributed by atoms with E-state index in [2.05, 4.69) is 32.5 Å². The van der Waals surface area contributed by atoms with E-state index in [-0.39, 0.29) is 0 Å². The Morgan fingerprint density at radius 3 is 2.90 bits per heavy atom. The molecule has 0 aliphatic carbocycles. The van der Waals surface area contributed by atoms with Gasteiger partial charge in [0.15, 0.2) is 5.96 Å². The van der Waals surface area contributed by atoms with Gasteiger partial charge in [-0.25, -0.2) is 0 Å². The first-order valence-electron chi connectivity index (χ1n) is 7.69. The van der Waals surface area contributed by atoms with Gasteiger partial charge in [0.2, 0.25) is 0 Å². The van der Waals surface area contributed by atoms with E-state index in [1.165, 1.54) is 24.8 Å². The zero-order valence-corrected chi connectivity index (χ0v) is 13.4. The van der Waals surface area contributed by atoms with E-state index in [1.807, 2.05) is 20.2 Å². The normalized spacial score (nSPS) is 17.0. The molecule has 1 saturated heterocycles. The summed E-state index contributed by atoms with van der Waals surface area (Å²) in [4.78, 5) is 6.56. The standard InChI is InChI=1S/C15H27N5O/c1-12-14(11-18-19-12)10-17-15(16-2)20(3)7-4-13-5-8-21-9-6-13/h11,13H,4-10H2,1-3H3,(H,16,17)(H,18,19). The topological polar surface area (TPSA) is 65.5 Å². The molecule has 0 aromatic carbocycles. The van der Waals surface area contributed by atoms with Crippen molar-refractivity contribution in [2.75, 3.05) is 33.9 Å². The summed E-state index contributed by atoms with van der Waals surface area (Å²) in [6.07, 6.45) is 5.44. The average molecular weight is 293 g/mol. The first-order chi connectivity index (χ1) is 10.2. The van der Waals surface area contributed by atoms with Crippen LogP contribution < -0.4 is 5.32 Å². The largest absolute Gasteiger partial charge is 0.381 e. The van der Waals surface area contributed by atoms with E-state index >= 15 is 0 Å². The van der Waals surface area contributed by atoms with Crippen LogP contribution in [-0.4, -0.2) is 54.9 Å². The zero-order valence-electron chi connectivity index (χ0n) is 13.4. The molecule has 2 N–H and O–H groups in total. The van der Waals surface area contributed by atoms with Crippen LogP contribution in [0.5, 0.6) is 0 Å². The van der Waals surface area contributed by atoms with Crippen LogP contribution >= 0.6 is 0 Å². The molecule has 0 saturated carbocycles. The molecule has 1 aliphatic rings. The number of H-pyrrole nitrogens is 1. The van der Waals surface area contributed by atoms with Crippen LogP contribution in [0.3, 0.4) is 0 Å². The molecule has 6 nitrogen and oxygen atoms in total. The van der Waals surface area contributed by atoms with Gasteiger partial charge in [-0.2, -0.15) is 5.10 Å². The number of hydrogen-bond donors (Lipinski definition) is 2. The number of aliphatic imine (C=N–C) groups is 1. The first kappa shape index (κ1) is 15.8. The highest BCUT2D eigenvalue weighted by molar-refractivity contribution is 5.79. The molecular formula is C15H27N5O. The summed E-state index contributed by atoms with van der Waals surface area (Å²) in [6.45, 7) is 5.63. The Hall–Kier alpha value is -1.56. The van der Waals surface area contributed by atoms with Gasteiger partial charge in [-0.15, -0.1) is 0 Å². The lowest BCUT2D eigenvalue weighted by atomic mass is 9.96. The van der Waals surface area contributed by atoms with Crippen LogP contribution in [0.4, 0.5) is 0 Å². The van der Waals surface area contributed by atoms with Gasteiger partial charge < -0.3 is 15.0 Å². The maximum absolute atomic E-state index is 5.41. The molecule has 21 heavy (non-hydrogen) atoms. The summed E-state index contributed by atoms with van der Waals surface area (Å²) in [5.41, 5.74) is 2.27. The Labute approximate surface area is 127 Å². The Morgan fingerprint density at radius 1 is 1.52 bits per heavy atom. The number of aromatic nitrogens is 2. The van der Waals surface area contributed by atoms with Crippen LogP contribution in [0.1, 0.15) is 30.5 Å². The smallest absolute Gasteiger partial charge is 0.193 e. The van der Waals surface area contributed by atoms with Gasteiger partial charge in [-0.1, -0.05) is 0 Å². The van der Waals surface area contributed by atoms with E-state index < -0.39 is 0 Å². The van der Waals surface area contributed by atoms with E-state index in [0.29, 0.717) is 0 Å². The van der Waals surface area contributed by atoms with Gasteiger partial charge in [0.05, 0.1) is 6.20 Å². The second-order valence-corrected chi connectivity index (χ2v) is 5.69.